The van der Waals surface area contributed by atoms with Crippen LogP contribution in [-0.2, 0) is 11.3 Å². The van der Waals surface area contributed by atoms with Crippen molar-refractivity contribution in [3.8, 4) is 11.5 Å². The van der Waals surface area contributed by atoms with Gasteiger partial charge >= 0.3 is 6.61 Å². The summed E-state index contributed by atoms with van der Waals surface area (Å²) in [5.41, 5.74) is 0.852. The van der Waals surface area contributed by atoms with Gasteiger partial charge in [0.15, 0.2) is 11.5 Å². The van der Waals surface area contributed by atoms with E-state index < -0.39 is 6.61 Å². The second kappa shape index (κ2) is 9.71. The lowest BCUT2D eigenvalue weighted by atomic mass is 9.86. The van der Waals surface area contributed by atoms with E-state index in [2.05, 4.69) is 17.0 Å². The number of rotatable bonds is 8. The number of nitrogens with one attached hydrogen (secondary N) is 1. The zero-order chi connectivity index (χ0) is 19.1. The first kappa shape index (κ1) is 20.4. The molecule has 1 fully saturated rings. The second-order valence-corrected chi connectivity index (χ2v) is 6.97. The Morgan fingerprint density at radius 2 is 2.04 bits per heavy atom. The highest BCUT2D eigenvalue weighted by molar-refractivity contribution is 5.78. The van der Waals surface area contributed by atoms with Gasteiger partial charge in [0.2, 0.25) is 5.91 Å². The van der Waals surface area contributed by atoms with Crippen LogP contribution in [0.3, 0.4) is 0 Å². The fourth-order valence-electron chi connectivity index (χ4n) is 3.40. The lowest BCUT2D eigenvalue weighted by Gasteiger charge is -2.30. The standard InChI is InChI=1S/C19H28F2N2O3/c1-13-6-4-5-7-15(13)22-18(24)12-23(2)11-14-8-9-16(26-19(20)21)17(10-14)25-3/h8-10,13,15,19H,4-7,11-12H2,1-3H3,(H,22,24)/t13-,15-/m0/s1. The van der Waals surface area contributed by atoms with Gasteiger partial charge in [-0.1, -0.05) is 25.8 Å². The van der Waals surface area contributed by atoms with Crippen LogP contribution in [0.25, 0.3) is 0 Å². The van der Waals surface area contributed by atoms with Crippen molar-refractivity contribution in [1.82, 2.24) is 10.2 Å². The van der Waals surface area contributed by atoms with Gasteiger partial charge in [0.25, 0.3) is 0 Å². The van der Waals surface area contributed by atoms with Gasteiger partial charge in [0.1, 0.15) is 0 Å². The number of benzene rings is 1. The van der Waals surface area contributed by atoms with Crippen molar-refractivity contribution in [3.63, 3.8) is 0 Å². The molecule has 0 bridgehead atoms. The van der Waals surface area contributed by atoms with Gasteiger partial charge in [-0.15, -0.1) is 0 Å². The predicted molar refractivity (Wildman–Crippen MR) is 95.5 cm³/mol. The molecule has 1 amide bonds. The van der Waals surface area contributed by atoms with Crippen molar-refractivity contribution in [1.29, 1.82) is 0 Å². The summed E-state index contributed by atoms with van der Waals surface area (Å²) >= 11 is 0. The van der Waals surface area contributed by atoms with E-state index in [1.807, 2.05) is 11.9 Å². The molecule has 0 saturated heterocycles. The number of ether oxygens (including phenoxy) is 2. The highest BCUT2D eigenvalue weighted by Gasteiger charge is 2.23. The normalized spacial score (nSPS) is 20.3. The third-order valence-corrected chi connectivity index (χ3v) is 4.77. The van der Waals surface area contributed by atoms with Crippen LogP contribution in [0, 0.1) is 5.92 Å². The maximum atomic E-state index is 12.4. The maximum Gasteiger partial charge on any atom is 0.387 e. The Morgan fingerprint density at radius 3 is 2.69 bits per heavy atom. The molecule has 0 aliphatic heterocycles. The van der Waals surface area contributed by atoms with Crippen LogP contribution in [0.15, 0.2) is 18.2 Å². The summed E-state index contributed by atoms with van der Waals surface area (Å²) < 4.78 is 34.3. The molecule has 5 nitrogen and oxygen atoms in total. The maximum absolute atomic E-state index is 12.4. The Labute approximate surface area is 153 Å². The molecule has 1 saturated carbocycles. The number of amides is 1. The molecule has 1 aliphatic carbocycles. The summed E-state index contributed by atoms with van der Waals surface area (Å²) in [5, 5.41) is 3.13. The number of carbonyl (C=O) groups is 1. The Bertz CT molecular complexity index is 598. The average molecular weight is 370 g/mol. The third-order valence-electron chi connectivity index (χ3n) is 4.77. The second-order valence-electron chi connectivity index (χ2n) is 6.97. The van der Waals surface area contributed by atoms with Crippen LogP contribution in [-0.4, -0.2) is 44.2 Å². The van der Waals surface area contributed by atoms with Crippen LogP contribution >= 0.6 is 0 Å². The van der Waals surface area contributed by atoms with E-state index in [0.717, 1.165) is 24.8 Å². The van der Waals surface area contributed by atoms with E-state index in [9.17, 15) is 13.6 Å². The van der Waals surface area contributed by atoms with Crippen molar-refractivity contribution >= 4 is 5.91 Å². The quantitative estimate of drug-likeness (QED) is 0.762. The lowest BCUT2D eigenvalue weighted by Crippen LogP contribution is -2.44. The summed E-state index contributed by atoms with van der Waals surface area (Å²) in [7, 11) is 3.25. The molecule has 0 heterocycles. The van der Waals surface area contributed by atoms with E-state index in [-0.39, 0.29) is 30.0 Å². The summed E-state index contributed by atoms with van der Waals surface area (Å²) in [6.07, 6.45) is 4.60. The number of hydrogen-bond donors (Lipinski definition) is 1. The molecule has 1 aliphatic rings. The van der Waals surface area contributed by atoms with Crippen molar-refractivity contribution in [2.45, 2.75) is 51.8 Å². The van der Waals surface area contributed by atoms with E-state index >= 15 is 0 Å². The fraction of sp³-hybridized carbons (Fsp3) is 0.632. The molecule has 1 aromatic rings. The van der Waals surface area contributed by atoms with Crippen LogP contribution in [0.2, 0.25) is 0 Å². The van der Waals surface area contributed by atoms with E-state index in [4.69, 9.17) is 4.74 Å². The van der Waals surface area contributed by atoms with Gasteiger partial charge in [-0.2, -0.15) is 8.78 Å². The molecular formula is C19H28F2N2O3. The van der Waals surface area contributed by atoms with Gasteiger partial charge in [0.05, 0.1) is 13.7 Å². The molecule has 2 atom stereocenters. The van der Waals surface area contributed by atoms with Gasteiger partial charge in [-0.3, -0.25) is 9.69 Å². The number of alkyl halides is 2. The van der Waals surface area contributed by atoms with E-state index in [1.54, 1.807) is 12.1 Å². The minimum atomic E-state index is -2.90. The van der Waals surface area contributed by atoms with Crippen molar-refractivity contribution < 1.29 is 23.0 Å². The third kappa shape index (κ3) is 6.12. The molecule has 2 rings (SSSR count). The zero-order valence-electron chi connectivity index (χ0n) is 15.6. The van der Waals surface area contributed by atoms with Crippen LogP contribution in [0.5, 0.6) is 11.5 Å². The number of methoxy groups -OCH3 is 1. The highest BCUT2D eigenvalue weighted by atomic mass is 19.3. The average Bonchev–Trinajstić information content (AvgIpc) is 2.57. The van der Waals surface area contributed by atoms with Crippen molar-refractivity contribution in [2.24, 2.45) is 5.92 Å². The Hall–Kier alpha value is -1.89. The number of likely N-dealkylation sites (N-methyl/N-ethyl adjacent to an activating group) is 1. The molecule has 0 radical (unpaired) electrons. The molecular weight excluding hydrogens is 342 g/mol. The number of nitrogens with zero attached hydrogens (tertiary/aromatic N) is 1. The Balaban J connectivity index is 1.88. The summed E-state index contributed by atoms with van der Waals surface area (Å²) in [4.78, 5) is 14.2. The molecule has 146 valence electrons. The van der Waals surface area contributed by atoms with Crippen LogP contribution < -0.4 is 14.8 Å². The highest BCUT2D eigenvalue weighted by Crippen LogP contribution is 2.29. The monoisotopic (exact) mass is 370 g/mol. The predicted octanol–water partition coefficient (Wildman–Crippen LogP) is 3.42. The minimum Gasteiger partial charge on any atom is -0.493 e. The number of hydrogen-bond acceptors (Lipinski definition) is 4. The molecule has 0 aromatic heterocycles. The summed E-state index contributed by atoms with van der Waals surface area (Å²) in [6.45, 7) is 0.0615. The van der Waals surface area contributed by atoms with Gasteiger partial charge in [-0.25, -0.2) is 0 Å². The zero-order valence-corrected chi connectivity index (χ0v) is 15.6. The van der Waals surface area contributed by atoms with Gasteiger partial charge < -0.3 is 14.8 Å². The van der Waals surface area contributed by atoms with Crippen molar-refractivity contribution in [2.75, 3.05) is 20.7 Å². The van der Waals surface area contributed by atoms with Crippen LogP contribution in [0.4, 0.5) is 8.78 Å². The summed E-state index contributed by atoms with van der Waals surface area (Å²) in [5.74, 6) is 0.773. The first-order valence-electron chi connectivity index (χ1n) is 8.98. The SMILES string of the molecule is COc1cc(CN(C)CC(=O)N[C@H]2CCCC[C@@H]2C)ccc1OC(F)F. The molecule has 0 spiro atoms. The molecule has 7 heteroatoms. The molecule has 26 heavy (non-hydrogen) atoms. The molecule has 1 N–H and O–H groups in total. The molecule has 0 unspecified atom stereocenters. The topological polar surface area (TPSA) is 50.8 Å². The largest absolute Gasteiger partial charge is 0.493 e. The fourth-order valence-corrected chi connectivity index (χ4v) is 3.40. The van der Waals surface area contributed by atoms with E-state index in [1.165, 1.54) is 19.6 Å². The molecule has 1 aromatic carbocycles. The Morgan fingerprint density at radius 1 is 1.31 bits per heavy atom. The smallest absolute Gasteiger partial charge is 0.387 e. The number of carbonyl (C=O) groups excluding carboxylic acids is 1. The first-order chi connectivity index (χ1) is 12.4. The number of halogens is 2. The van der Waals surface area contributed by atoms with Crippen molar-refractivity contribution in [3.05, 3.63) is 23.8 Å². The summed E-state index contributed by atoms with van der Waals surface area (Å²) in [6, 6.07) is 5.06. The van der Waals surface area contributed by atoms with E-state index in [0.29, 0.717) is 12.5 Å². The first-order valence-corrected chi connectivity index (χ1v) is 8.98. The van der Waals surface area contributed by atoms with Crippen LogP contribution in [0.1, 0.15) is 38.2 Å². The lowest BCUT2D eigenvalue weighted by molar-refractivity contribution is -0.123. The van der Waals surface area contributed by atoms with Gasteiger partial charge in [0, 0.05) is 12.6 Å². The minimum absolute atomic E-state index is 0.00191. The Kier molecular flexibility index (Phi) is 7.63. The van der Waals surface area contributed by atoms with Gasteiger partial charge in [-0.05, 0) is 43.5 Å².